The number of halogens is 1. The molecule has 3 rings (SSSR count). The molecule has 0 aliphatic carbocycles. The topological polar surface area (TPSA) is 54.3 Å². The number of hydrogen-bond acceptors (Lipinski definition) is 4. The van der Waals surface area contributed by atoms with Crippen LogP contribution < -0.4 is 0 Å². The Morgan fingerprint density at radius 1 is 1.11 bits per heavy atom. The summed E-state index contributed by atoms with van der Waals surface area (Å²) in [6.07, 6.45) is 5.06. The Hall–Kier alpha value is -3.06. The van der Waals surface area contributed by atoms with E-state index in [0.717, 1.165) is 17.8 Å². The van der Waals surface area contributed by atoms with E-state index in [-0.39, 0.29) is 11.7 Å². The van der Waals surface area contributed by atoms with Gasteiger partial charge < -0.3 is 9.80 Å². The lowest BCUT2D eigenvalue weighted by Crippen LogP contribution is -2.36. The molecule has 0 saturated carbocycles. The molecule has 0 unspecified atom stereocenters. The lowest BCUT2D eigenvalue weighted by molar-refractivity contribution is 0.0731. The molecule has 3 aromatic rings. The maximum absolute atomic E-state index is 13.3. The van der Waals surface area contributed by atoms with Gasteiger partial charge in [-0.05, 0) is 56.9 Å². The highest BCUT2D eigenvalue weighted by atomic mass is 19.1. The summed E-state index contributed by atoms with van der Waals surface area (Å²) >= 11 is 0. The summed E-state index contributed by atoms with van der Waals surface area (Å²) < 4.78 is 14.9. The number of rotatable bonds is 7. The summed E-state index contributed by atoms with van der Waals surface area (Å²) in [5, 5.41) is 4.35. The number of hydrogen-bond donors (Lipinski definition) is 0. The first-order chi connectivity index (χ1) is 13.5. The van der Waals surface area contributed by atoms with Crippen molar-refractivity contribution in [2.45, 2.75) is 13.5 Å². The Balaban J connectivity index is 1.86. The first kappa shape index (κ1) is 19.7. The summed E-state index contributed by atoms with van der Waals surface area (Å²) in [7, 11) is 3.95. The second-order valence-corrected chi connectivity index (χ2v) is 6.92. The lowest BCUT2D eigenvalue weighted by Gasteiger charge is -2.24. The van der Waals surface area contributed by atoms with Crippen molar-refractivity contribution in [2.75, 3.05) is 27.2 Å². The average Bonchev–Trinajstić information content (AvgIpc) is 3.07. The monoisotopic (exact) mass is 381 g/mol. The standard InChI is InChI=1S/C21H24FN5O/c1-16-20(14-24-27(16)19-8-6-18(22)7-9-19)21(28)26(12-11-25(2)3)15-17-5-4-10-23-13-17/h4-10,13-14H,11-12,15H2,1-3H3. The normalized spacial score (nSPS) is 11.0. The van der Waals surface area contributed by atoms with Crippen molar-refractivity contribution in [3.8, 4) is 5.69 Å². The molecule has 2 heterocycles. The Bertz CT molecular complexity index is 922. The molecule has 0 saturated heterocycles. The van der Waals surface area contributed by atoms with Gasteiger partial charge >= 0.3 is 0 Å². The van der Waals surface area contributed by atoms with Crippen LogP contribution in [0.5, 0.6) is 0 Å². The molecule has 7 heteroatoms. The van der Waals surface area contributed by atoms with Crippen LogP contribution in [-0.4, -0.2) is 57.7 Å². The van der Waals surface area contributed by atoms with Gasteiger partial charge in [0.15, 0.2) is 0 Å². The molecule has 0 fully saturated rings. The van der Waals surface area contributed by atoms with Crippen LogP contribution in [0.3, 0.4) is 0 Å². The van der Waals surface area contributed by atoms with Crippen molar-refractivity contribution < 1.29 is 9.18 Å². The van der Waals surface area contributed by atoms with Crippen LogP contribution in [0, 0.1) is 12.7 Å². The Morgan fingerprint density at radius 3 is 2.50 bits per heavy atom. The highest BCUT2D eigenvalue weighted by Crippen LogP contribution is 2.17. The van der Waals surface area contributed by atoms with Gasteiger partial charge in [0.05, 0.1) is 23.1 Å². The van der Waals surface area contributed by atoms with Gasteiger partial charge in [-0.25, -0.2) is 9.07 Å². The van der Waals surface area contributed by atoms with E-state index in [4.69, 9.17) is 0 Å². The zero-order valence-electron chi connectivity index (χ0n) is 16.3. The van der Waals surface area contributed by atoms with Crippen molar-refractivity contribution in [3.63, 3.8) is 0 Å². The van der Waals surface area contributed by atoms with Gasteiger partial charge in [0.2, 0.25) is 0 Å². The molecule has 0 atom stereocenters. The van der Waals surface area contributed by atoms with Gasteiger partial charge in [0.1, 0.15) is 5.82 Å². The molecule has 0 N–H and O–H groups in total. The Labute approximate surface area is 164 Å². The quantitative estimate of drug-likeness (QED) is 0.632. The molecule has 2 aromatic heterocycles. The SMILES string of the molecule is Cc1c(C(=O)N(CCN(C)C)Cc2cccnc2)cnn1-c1ccc(F)cc1. The van der Waals surface area contributed by atoms with Crippen LogP contribution in [0.4, 0.5) is 4.39 Å². The summed E-state index contributed by atoms with van der Waals surface area (Å²) in [4.78, 5) is 21.2. The number of benzene rings is 1. The highest BCUT2D eigenvalue weighted by molar-refractivity contribution is 5.95. The van der Waals surface area contributed by atoms with E-state index in [9.17, 15) is 9.18 Å². The number of carbonyl (C=O) groups excluding carboxylic acids is 1. The van der Waals surface area contributed by atoms with E-state index >= 15 is 0 Å². The number of aromatic nitrogens is 3. The zero-order valence-corrected chi connectivity index (χ0v) is 16.3. The molecular weight excluding hydrogens is 357 g/mol. The Morgan fingerprint density at radius 2 is 1.86 bits per heavy atom. The average molecular weight is 381 g/mol. The van der Waals surface area contributed by atoms with Gasteiger partial charge in [-0.15, -0.1) is 0 Å². The Kier molecular flexibility index (Phi) is 6.16. The third-order valence-corrected chi connectivity index (χ3v) is 4.51. The molecule has 146 valence electrons. The molecular formula is C21H24FN5O. The molecule has 6 nitrogen and oxygen atoms in total. The van der Waals surface area contributed by atoms with Gasteiger partial charge in [0, 0.05) is 32.0 Å². The van der Waals surface area contributed by atoms with Crippen molar-refractivity contribution in [1.82, 2.24) is 24.6 Å². The molecule has 28 heavy (non-hydrogen) atoms. The smallest absolute Gasteiger partial charge is 0.257 e. The van der Waals surface area contributed by atoms with Crippen molar-refractivity contribution in [2.24, 2.45) is 0 Å². The number of carbonyl (C=O) groups is 1. The predicted molar refractivity (Wildman–Crippen MR) is 106 cm³/mol. The molecule has 0 aliphatic heterocycles. The van der Waals surface area contributed by atoms with E-state index in [1.807, 2.05) is 38.1 Å². The number of amides is 1. The van der Waals surface area contributed by atoms with Gasteiger partial charge in [-0.2, -0.15) is 5.10 Å². The van der Waals surface area contributed by atoms with E-state index in [1.165, 1.54) is 12.1 Å². The van der Waals surface area contributed by atoms with E-state index in [2.05, 4.69) is 10.1 Å². The van der Waals surface area contributed by atoms with Crippen LogP contribution in [-0.2, 0) is 6.54 Å². The van der Waals surface area contributed by atoms with Crippen LogP contribution in [0.15, 0.2) is 55.0 Å². The molecule has 0 aliphatic rings. The maximum atomic E-state index is 13.3. The van der Waals surface area contributed by atoms with E-state index in [1.54, 1.807) is 40.3 Å². The largest absolute Gasteiger partial charge is 0.333 e. The second kappa shape index (κ2) is 8.75. The number of likely N-dealkylation sites (N-methyl/N-ethyl adjacent to an activating group) is 1. The maximum Gasteiger partial charge on any atom is 0.257 e. The van der Waals surface area contributed by atoms with Crippen molar-refractivity contribution >= 4 is 5.91 Å². The number of nitrogens with zero attached hydrogens (tertiary/aromatic N) is 5. The summed E-state index contributed by atoms with van der Waals surface area (Å²) in [6, 6.07) is 9.86. The van der Waals surface area contributed by atoms with Gasteiger partial charge in [-0.1, -0.05) is 6.07 Å². The highest BCUT2D eigenvalue weighted by Gasteiger charge is 2.21. The minimum Gasteiger partial charge on any atom is -0.333 e. The molecule has 1 amide bonds. The fourth-order valence-corrected chi connectivity index (χ4v) is 2.92. The van der Waals surface area contributed by atoms with E-state index < -0.39 is 0 Å². The lowest BCUT2D eigenvalue weighted by atomic mass is 10.2. The van der Waals surface area contributed by atoms with Crippen LogP contribution in [0.25, 0.3) is 5.69 Å². The van der Waals surface area contributed by atoms with Gasteiger partial charge in [0.25, 0.3) is 5.91 Å². The van der Waals surface area contributed by atoms with Crippen LogP contribution >= 0.6 is 0 Å². The third-order valence-electron chi connectivity index (χ3n) is 4.51. The molecule has 1 aromatic carbocycles. The predicted octanol–water partition coefficient (Wildman–Crippen LogP) is 2.92. The first-order valence-electron chi connectivity index (χ1n) is 9.09. The third kappa shape index (κ3) is 4.61. The fraction of sp³-hybridized carbons (Fsp3) is 0.286. The summed E-state index contributed by atoms with van der Waals surface area (Å²) in [6.45, 7) is 3.65. The van der Waals surface area contributed by atoms with E-state index in [0.29, 0.717) is 24.3 Å². The van der Waals surface area contributed by atoms with Crippen molar-refractivity contribution in [1.29, 1.82) is 0 Å². The summed E-state index contributed by atoms with van der Waals surface area (Å²) in [5.41, 5.74) is 2.94. The molecule has 0 radical (unpaired) electrons. The van der Waals surface area contributed by atoms with Crippen molar-refractivity contribution in [3.05, 3.63) is 77.6 Å². The zero-order chi connectivity index (χ0) is 20.1. The fourth-order valence-electron chi connectivity index (χ4n) is 2.92. The number of pyridine rings is 1. The minimum absolute atomic E-state index is 0.0865. The second-order valence-electron chi connectivity index (χ2n) is 6.92. The van der Waals surface area contributed by atoms with Crippen LogP contribution in [0.1, 0.15) is 21.6 Å². The summed E-state index contributed by atoms with van der Waals surface area (Å²) in [5.74, 6) is -0.396. The first-order valence-corrected chi connectivity index (χ1v) is 9.09. The van der Waals surface area contributed by atoms with Crippen LogP contribution in [0.2, 0.25) is 0 Å². The minimum atomic E-state index is -0.309. The van der Waals surface area contributed by atoms with Gasteiger partial charge in [-0.3, -0.25) is 9.78 Å². The molecule has 0 spiro atoms. The molecule has 0 bridgehead atoms.